The molecular formula is C16H24N2O2. The molecule has 4 nitrogen and oxygen atoms in total. The summed E-state index contributed by atoms with van der Waals surface area (Å²) in [5.41, 5.74) is 7.14. The molecule has 1 amide bonds. The van der Waals surface area contributed by atoms with Crippen LogP contribution in [-0.4, -0.2) is 23.1 Å². The summed E-state index contributed by atoms with van der Waals surface area (Å²) in [6.07, 6.45) is 2.92. The number of carbonyl (C=O) groups is 1. The summed E-state index contributed by atoms with van der Waals surface area (Å²) in [5.74, 6) is 0. The Bertz CT molecular complexity index is 462. The zero-order valence-electron chi connectivity index (χ0n) is 12.6. The molecule has 2 N–H and O–H groups in total. The van der Waals surface area contributed by atoms with Gasteiger partial charge in [-0.05, 0) is 57.7 Å². The van der Waals surface area contributed by atoms with Crippen LogP contribution in [0.5, 0.6) is 0 Å². The van der Waals surface area contributed by atoms with Crippen molar-refractivity contribution < 1.29 is 9.53 Å². The van der Waals surface area contributed by atoms with E-state index in [2.05, 4.69) is 0 Å². The van der Waals surface area contributed by atoms with Gasteiger partial charge >= 0.3 is 6.09 Å². The van der Waals surface area contributed by atoms with Crippen molar-refractivity contribution in [1.82, 2.24) is 4.90 Å². The third-order valence-corrected chi connectivity index (χ3v) is 3.45. The van der Waals surface area contributed by atoms with Crippen LogP contribution in [0.2, 0.25) is 0 Å². The van der Waals surface area contributed by atoms with Gasteiger partial charge in [-0.1, -0.05) is 12.1 Å². The number of carbonyl (C=O) groups excluding carboxylic acids is 1. The highest BCUT2D eigenvalue weighted by molar-refractivity contribution is 5.69. The third-order valence-electron chi connectivity index (χ3n) is 3.45. The molecule has 4 heteroatoms. The zero-order chi connectivity index (χ0) is 14.8. The number of hydrogen-bond donors (Lipinski definition) is 1. The summed E-state index contributed by atoms with van der Waals surface area (Å²) in [7, 11) is 0. The van der Waals surface area contributed by atoms with E-state index in [1.54, 1.807) is 0 Å². The molecule has 0 bridgehead atoms. The molecule has 1 aromatic carbocycles. The third kappa shape index (κ3) is 3.65. The van der Waals surface area contributed by atoms with Crippen molar-refractivity contribution in [3.8, 4) is 0 Å². The van der Waals surface area contributed by atoms with Crippen LogP contribution in [0.1, 0.15) is 51.6 Å². The summed E-state index contributed by atoms with van der Waals surface area (Å²) in [6.45, 7) is 6.44. The van der Waals surface area contributed by atoms with Crippen molar-refractivity contribution >= 4 is 11.8 Å². The first-order chi connectivity index (χ1) is 9.37. The van der Waals surface area contributed by atoms with Gasteiger partial charge in [0.25, 0.3) is 0 Å². The highest BCUT2D eigenvalue weighted by atomic mass is 16.6. The van der Waals surface area contributed by atoms with Crippen LogP contribution >= 0.6 is 0 Å². The number of nitrogens with zero attached hydrogens (tertiary/aromatic N) is 1. The molecular weight excluding hydrogens is 252 g/mol. The minimum atomic E-state index is -0.458. The lowest BCUT2D eigenvalue weighted by Gasteiger charge is -2.37. The average Bonchev–Trinajstić information content (AvgIpc) is 2.38. The van der Waals surface area contributed by atoms with Crippen molar-refractivity contribution in [3.05, 3.63) is 29.8 Å². The Kier molecular flexibility index (Phi) is 4.21. The second-order valence-corrected chi connectivity index (χ2v) is 6.35. The van der Waals surface area contributed by atoms with Gasteiger partial charge in [-0.2, -0.15) is 0 Å². The molecule has 0 radical (unpaired) electrons. The fraction of sp³-hybridized carbons (Fsp3) is 0.562. The van der Waals surface area contributed by atoms with Gasteiger partial charge in [0.2, 0.25) is 0 Å². The standard InChI is InChI=1S/C16H24N2O2/c1-16(2,3)20-15(19)18-11-5-4-6-14(18)12-7-9-13(17)10-8-12/h7-10,14H,4-6,11,17H2,1-3H3/t14-/m1/s1. The molecule has 1 aliphatic heterocycles. The van der Waals surface area contributed by atoms with E-state index in [1.165, 1.54) is 0 Å². The van der Waals surface area contributed by atoms with Crippen LogP contribution in [0.3, 0.4) is 0 Å². The topological polar surface area (TPSA) is 55.6 Å². The maximum atomic E-state index is 12.3. The van der Waals surface area contributed by atoms with E-state index < -0.39 is 5.60 Å². The molecule has 20 heavy (non-hydrogen) atoms. The lowest BCUT2D eigenvalue weighted by molar-refractivity contribution is 0.00952. The Morgan fingerprint density at radius 3 is 2.50 bits per heavy atom. The number of nitrogens with two attached hydrogens (primary N) is 1. The van der Waals surface area contributed by atoms with E-state index in [-0.39, 0.29) is 12.1 Å². The molecule has 1 aromatic rings. The summed E-state index contributed by atoms with van der Waals surface area (Å²) in [5, 5.41) is 0. The second kappa shape index (κ2) is 5.73. The summed E-state index contributed by atoms with van der Waals surface area (Å²) < 4.78 is 5.51. The Balaban J connectivity index is 2.16. The minimum absolute atomic E-state index is 0.0965. The van der Waals surface area contributed by atoms with Crippen LogP contribution < -0.4 is 5.73 Å². The molecule has 1 saturated heterocycles. The van der Waals surface area contributed by atoms with E-state index in [0.717, 1.165) is 37.1 Å². The molecule has 1 heterocycles. The van der Waals surface area contributed by atoms with E-state index in [1.807, 2.05) is 49.9 Å². The molecule has 0 aliphatic carbocycles. The van der Waals surface area contributed by atoms with Gasteiger partial charge in [-0.3, -0.25) is 0 Å². The van der Waals surface area contributed by atoms with Gasteiger partial charge in [0.05, 0.1) is 6.04 Å². The number of piperidine rings is 1. The molecule has 110 valence electrons. The van der Waals surface area contributed by atoms with Gasteiger partial charge in [0, 0.05) is 12.2 Å². The van der Waals surface area contributed by atoms with E-state index in [4.69, 9.17) is 10.5 Å². The summed E-state index contributed by atoms with van der Waals surface area (Å²) in [6, 6.07) is 7.87. The molecule has 1 fully saturated rings. The number of rotatable bonds is 1. The normalized spacial score (nSPS) is 19.8. The van der Waals surface area contributed by atoms with Crippen LogP contribution in [0.25, 0.3) is 0 Å². The fourth-order valence-electron chi connectivity index (χ4n) is 2.54. The predicted molar refractivity (Wildman–Crippen MR) is 80.4 cm³/mol. The van der Waals surface area contributed by atoms with Gasteiger partial charge in [-0.25, -0.2) is 4.79 Å². The smallest absolute Gasteiger partial charge is 0.410 e. The Morgan fingerprint density at radius 2 is 1.90 bits per heavy atom. The molecule has 0 unspecified atom stereocenters. The number of hydrogen-bond acceptors (Lipinski definition) is 3. The molecule has 0 saturated carbocycles. The number of benzene rings is 1. The largest absolute Gasteiger partial charge is 0.444 e. The van der Waals surface area contributed by atoms with Gasteiger partial charge in [-0.15, -0.1) is 0 Å². The average molecular weight is 276 g/mol. The maximum absolute atomic E-state index is 12.3. The minimum Gasteiger partial charge on any atom is -0.444 e. The summed E-state index contributed by atoms with van der Waals surface area (Å²) >= 11 is 0. The lowest BCUT2D eigenvalue weighted by atomic mass is 9.95. The molecule has 2 rings (SSSR count). The molecule has 1 atom stereocenters. The van der Waals surface area contributed by atoms with Crippen LogP contribution in [0, 0.1) is 0 Å². The Hall–Kier alpha value is -1.71. The first-order valence-corrected chi connectivity index (χ1v) is 7.22. The lowest BCUT2D eigenvalue weighted by Crippen LogP contribution is -2.41. The highest BCUT2D eigenvalue weighted by Crippen LogP contribution is 2.32. The van der Waals surface area contributed by atoms with Crippen LogP contribution in [-0.2, 0) is 4.74 Å². The number of ether oxygens (including phenoxy) is 1. The predicted octanol–water partition coefficient (Wildman–Crippen LogP) is 3.73. The van der Waals surface area contributed by atoms with E-state index >= 15 is 0 Å². The number of nitrogen functional groups attached to an aromatic ring is 1. The SMILES string of the molecule is CC(C)(C)OC(=O)N1CCCC[C@@H]1c1ccc(N)cc1. The molecule has 0 aromatic heterocycles. The quantitative estimate of drug-likeness (QED) is 0.795. The monoisotopic (exact) mass is 276 g/mol. The van der Waals surface area contributed by atoms with Crippen molar-refractivity contribution in [2.75, 3.05) is 12.3 Å². The van der Waals surface area contributed by atoms with Crippen LogP contribution in [0.15, 0.2) is 24.3 Å². The first-order valence-electron chi connectivity index (χ1n) is 7.22. The maximum Gasteiger partial charge on any atom is 0.410 e. The molecule has 1 aliphatic rings. The Labute approximate surface area is 120 Å². The van der Waals surface area contributed by atoms with E-state index in [0.29, 0.717) is 0 Å². The molecule has 0 spiro atoms. The first kappa shape index (κ1) is 14.7. The van der Waals surface area contributed by atoms with Crippen molar-refractivity contribution in [2.24, 2.45) is 0 Å². The van der Waals surface area contributed by atoms with Gasteiger partial charge in [0.15, 0.2) is 0 Å². The zero-order valence-corrected chi connectivity index (χ0v) is 12.6. The second-order valence-electron chi connectivity index (χ2n) is 6.35. The van der Waals surface area contributed by atoms with Gasteiger partial charge in [0.1, 0.15) is 5.60 Å². The van der Waals surface area contributed by atoms with Gasteiger partial charge < -0.3 is 15.4 Å². The van der Waals surface area contributed by atoms with Crippen molar-refractivity contribution in [2.45, 2.75) is 51.7 Å². The number of anilines is 1. The number of likely N-dealkylation sites (tertiary alicyclic amines) is 1. The summed E-state index contributed by atoms with van der Waals surface area (Å²) in [4.78, 5) is 14.2. The van der Waals surface area contributed by atoms with Crippen LogP contribution in [0.4, 0.5) is 10.5 Å². The van der Waals surface area contributed by atoms with Crippen molar-refractivity contribution in [3.63, 3.8) is 0 Å². The Morgan fingerprint density at radius 1 is 1.25 bits per heavy atom. The highest BCUT2D eigenvalue weighted by Gasteiger charge is 2.31. The van der Waals surface area contributed by atoms with Crippen molar-refractivity contribution in [1.29, 1.82) is 0 Å². The van der Waals surface area contributed by atoms with E-state index in [9.17, 15) is 4.79 Å². The number of amides is 1. The fourth-order valence-corrected chi connectivity index (χ4v) is 2.54.